The summed E-state index contributed by atoms with van der Waals surface area (Å²) < 4.78 is 3.59. The van der Waals surface area contributed by atoms with Crippen molar-refractivity contribution >= 4 is 11.5 Å². The van der Waals surface area contributed by atoms with Gasteiger partial charge in [0.1, 0.15) is 11.4 Å². The molecule has 5 rings (SSSR count). The Morgan fingerprint density at radius 3 is 2.41 bits per heavy atom. The van der Waals surface area contributed by atoms with E-state index in [1.165, 1.54) is 0 Å². The Labute approximate surface area is 229 Å². The fourth-order valence-corrected chi connectivity index (χ4v) is 5.07. The molecule has 39 heavy (non-hydrogen) atoms. The van der Waals surface area contributed by atoms with E-state index in [-0.39, 0.29) is 18.2 Å². The lowest BCUT2D eigenvalue weighted by Gasteiger charge is -2.38. The molecule has 1 aliphatic heterocycles. The third-order valence-corrected chi connectivity index (χ3v) is 7.35. The van der Waals surface area contributed by atoms with Crippen LogP contribution in [0.4, 0.5) is 5.69 Å². The van der Waals surface area contributed by atoms with Crippen molar-refractivity contribution in [1.29, 1.82) is 0 Å². The minimum Gasteiger partial charge on any atom is -0.368 e. The smallest absolute Gasteiger partial charge is 0.187 e. The Morgan fingerprint density at radius 1 is 0.949 bits per heavy atom. The van der Waals surface area contributed by atoms with Crippen molar-refractivity contribution in [3.05, 3.63) is 65.6 Å². The van der Waals surface area contributed by atoms with Crippen LogP contribution in [0, 0.1) is 13.8 Å². The first-order valence-electron chi connectivity index (χ1n) is 13.6. The van der Waals surface area contributed by atoms with Crippen LogP contribution in [0.5, 0.6) is 0 Å². The maximum Gasteiger partial charge on any atom is 0.187 e. The average molecular weight is 528 g/mol. The fraction of sp³-hybridized carbons (Fsp3) is 0.448. The standard InChI is InChI=1S/C29H37N9O/c1-19(2)35-7-9-36(10-8-35)25-14-24(16-30-17-25)27-18-37(34-32-27)28-12-23(15-31-22(28)6)13-29(39)26-11-21(5)38(33-26)20(3)4/h11-12,14-20H,7-10,13H2,1-6H3. The quantitative estimate of drug-likeness (QED) is 0.316. The van der Waals surface area contributed by atoms with Crippen molar-refractivity contribution in [2.45, 2.75) is 60.0 Å². The zero-order chi connectivity index (χ0) is 27.7. The first kappa shape index (κ1) is 26.7. The van der Waals surface area contributed by atoms with Crippen LogP contribution in [0.2, 0.25) is 0 Å². The predicted octanol–water partition coefficient (Wildman–Crippen LogP) is 4.07. The molecule has 1 saturated heterocycles. The number of piperazine rings is 1. The van der Waals surface area contributed by atoms with Crippen LogP contribution >= 0.6 is 0 Å². The van der Waals surface area contributed by atoms with Crippen LogP contribution < -0.4 is 4.90 Å². The number of aromatic nitrogens is 7. The van der Waals surface area contributed by atoms with E-state index < -0.39 is 0 Å². The van der Waals surface area contributed by atoms with Gasteiger partial charge in [0.25, 0.3) is 0 Å². The first-order chi connectivity index (χ1) is 18.7. The Balaban J connectivity index is 1.33. The van der Waals surface area contributed by atoms with Crippen LogP contribution in [-0.4, -0.2) is 77.6 Å². The molecular formula is C29H37N9O. The van der Waals surface area contributed by atoms with Crippen molar-refractivity contribution in [3.63, 3.8) is 0 Å². The Hall–Kier alpha value is -3.92. The highest BCUT2D eigenvalue weighted by Crippen LogP contribution is 2.24. The normalized spacial score (nSPS) is 14.5. The number of nitrogens with zero attached hydrogens (tertiary/aromatic N) is 9. The second kappa shape index (κ2) is 11.1. The lowest BCUT2D eigenvalue weighted by Crippen LogP contribution is -2.48. The van der Waals surface area contributed by atoms with E-state index in [0.717, 1.165) is 65.8 Å². The van der Waals surface area contributed by atoms with Gasteiger partial charge in [-0.15, -0.1) is 5.10 Å². The summed E-state index contributed by atoms with van der Waals surface area (Å²) in [5.74, 6) is -0.0366. The van der Waals surface area contributed by atoms with Crippen LogP contribution in [0.15, 0.2) is 43.0 Å². The van der Waals surface area contributed by atoms with Gasteiger partial charge in [-0.1, -0.05) is 5.21 Å². The van der Waals surface area contributed by atoms with Gasteiger partial charge < -0.3 is 4.90 Å². The number of hydrogen-bond donors (Lipinski definition) is 0. The molecule has 10 nitrogen and oxygen atoms in total. The molecular weight excluding hydrogens is 490 g/mol. The van der Waals surface area contributed by atoms with Crippen LogP contribution in [0.25, 0.3) is 16.9 Å². The molecule has 0 radical (unpaired) electrons. The number of pyridine rings is 2. The molecule has 0 aliphatic carbocycles. The van der Waals surface area contributed by atoms with Gasteiger partial charge in [0.15, 0.2) is 5.78 Å². The van der Waals surface area contributed by atoms with E-state index in [2.05, 4.69) is 68.9 Å². The van der Waals surface area contributed by atoms with Crippen LogP contribution in [-0.2, 0) is 6.42 Å². The first-order valence-corrected chi connectivity index (χ1v) is 13.6. The molecule has 10 heteroatoms. The number of ketones is 1. The summed E-state index contributed by atoms with van der Waals surface area (Å²) in [6.07, 6.45) is 7.58. The minimum atomic E-state index is -0.0366. The average Bonchev–Trinajstić information content (AvgIpc) is 3.57. The third kappa shape index (κ3) is 5.75. The molecule has 4 aromatic heterocycles. The summed E-state index contributed by atoms with van der Waals surface area (Å²) in [7, 11) is 0. The second-order valence-electron chi connectivity index (χ2n) is 10.9. The molecule has 5 heterocycles. The highest BCUT2D eigenvalue weighted by molar-refractivity contribution is 5.95. The van der Waals surface area contributed by atoms with E-state index in [1.807, 2.05) is 49.3 Å². The molecule has 0 aromatic carbocycles. The molecule has 0 saturated carbocycles. The van der Waals surface area contributed by atoms with Gasteiger partial charge in [0.2, 0.25) is 0 Å². The molecule has 0 unspecified atom stereocenters. The maximum atomic E-state index is 13.0. The lowest BCUT2D eigenvalue weighted by atomic mass is 10.1. The summed E-state index contributed by atoms with van der Waals surface area (Å²) in [5, 5.41) is 13.3. The number of carbonyl (C=O) groups is 1. The van der Waals surface area contributed by atoms with Gasteiger partial charge in [0.05, 0.1) is 29.5 Å². The van der Waals surface area contributed by atoms with E-state index in [9.17, 15) is 4.79 Å². The SMILES string of the molecule is Cc1ncc(CC(=O)c2cc(C)n(C(C)C)n2)cc1-n1cc(-c2cncc(N3CCN(C(C)C)CC3)c2)nn1. The van der Waals surface area contributed by atoms with Gasteiger partial charge in [0, 0.05) is 68.3 Å². The molecule has 0 amide bonds. The highest BCUT2D eigenvalue weighted by Gasteiger charge is 2.20. The Morgan fingerprint density at radius 2 is 1.72 bits per heavy atom. The number of Topliss-reactive ketones (excluding diaryl/α,β-unsaturated/α-hetero) is 1. The zero-order valence-electron chi connectivity index (χ0n) is 23.7. The number of carbonyl (C=O) groups excluding carboxylic acids is 1. The minimum absolute atomic E-state index is 0.0366. The Kier molecular flexibility index (Phi) is 7.56. The summed E-state index contributed by atoms with van der Waals surface area (Å²) >= 11 is 0. The van der Waals surface area contributed by atoms with Crippen LogP contribution in [0.1, 0.15) is 61.2 Å². The molecule has 0 N–H and O–H groups in total. The fourth-order valence-electron chi connectivity index (χ4n) is 5.07. The lowest BCUT2D eigenvalue weighted by molar-refractivity contribution is 0.0987. The van der Waals surface area contributed by atoms with Gasteiger partial charge in [-0.2, -0.15) is 5.10 Å². The van der Waals surface area contributed by atoms with E-state index in [0.29, 0.717) is 11.7 Å². The summed E-state index contributed by atoms with van der Waals surface area (Å²) in [4.78, 5) is 26.9. The van der Waals surface area contributed by atoms with Gasteiger partial charge in [-0.3, -0.25) is 24.3 Å². The topological polar surface area (TPSA) is 97.9 Å². The van der Waals surface area contributed by atoms with E-state index in [4.69, 9.17) is 0 Å². The van der Waals surface area contributed by atoms with Crippen LogP contribution in [0.3, 0.4) is 0 Å². The zero-order valence-corrected chi connectivity index (χ0v) is 23.7. The van der Waals surface area contributed by atoms with Gasteiger partial charge in [-0.25, -0.2) is 4.68 Å². The molecule has 4 aromatic rings. The summed E-state index contributed by atoms with van der Waals surface area (Å²) in [6.45, 7) is 16.5. The Bertz CT molecular complexity index is 1460. The number of rotatable bonds is 8. The number of aryl methyl sites for hydroxylation is 2. The third-order valence-electron chi connectivity index (χ3n) is 7.35. The van der Waals surface area contributed by atoms with Crippen molar-refractivity contribution in [3.8, 4) is 16.9 Å². The maximum absolute atomic E-state index is 13.0. The number of hydrogen-bond acceptors (Lipinski definition) is 8. The molecule has 0 bridgehead atoms. The molecule has 204 valence electrons. The van der Waals surface area contributed by atoms with Gasteiger partial charge in [-0.05, 0) is 65.3 Å². The largest absolute Gasteiger partial charge is 0.368 e. The second-order valence-corrected chi connectivity index (χ2v) is 10.9. The van der Waals surface area contributed by atoms with Crippen molar-refractivity contribution in [2.75, 3.05) is 31.1 Å². The summed E-state index contributed by atoms with van der Waals surface area (Å²) in [5.41, 5.74) is 6.60. The molecule has 1 fully saturated rings. The summed E-state index contributed by atoms with van der Waals surface area (Å²) in [6, 6.07) is 6.69. The van der Waals surface area contributed by atoms with Crippen molar-refractivity contribution in [1.82, 2.24) is 39.6 Å². The highest BCUT2D eigenvalue weighted by atomic mass is 16.1. The predicted molar refractivity (Wildman–Crippen MR) is 151 cm³/mol. The van der Waals surface area contributed by atoms with Gasteiger partial charge >= 0.3 is 0 Å². The molecule has 0 atom stereocenters. The monoisotopic (exact) mass is 527 g/mol. The molecule has 0 spiro atoms. The van der Waals surface area contributed by atoms with Crippen molar-refractivity contribution in [2.24, 2.45) is 0 Å². The molecule has 1 aliphatic rings. The van der Waals surface area contributed by atoms with Crippen molar-refractivity contribution < 1.29 is 4.79 Å². The van der Waals surface area contributed by atoms with E-state index in [1.54, 1.807) is 10.9 Å². The van der Waals surface area contributed by atoms with E-state index >= 15 is 0 Å². The number of anilines is 1.